The van der Waals surface area contributed by atoms with Crippen molar-refractivity contribution in [2.45, 2.75) is 38.8 Å². The summed E-state index contributed by atoms with van der Waals surface area (Å²) in [5.41, 5.74) is 3.08. The highest BCUT2D eigenvalue weighted by Crippen LogP contribution is 2.25. The maximum Gasteiger partial charge on any atom is 0.173 e. The Labute approximate surface area is 157 Å². The standard InChI is InChI=1S/C20H22F2N4O/c1-27-14-8-16(21)15(17(22)9-14)12-26-7-5-18-13(11-26)10-24-20(25-18)19-4-2-3-6-23-19/h8-10H,2-7,11-12H2,1H3. The summed E-state index contributed by atoms with van der Waals surface area (Å²) in [6.45, 7) is 2.33. The monoisotopic (exact) mass is 372 g/mol. The quantitative estimate of drug-likeness (QED) is 0.826. The molecule has 7 heteroatoms. The van der Waals surface area contributed by atoms with Crippen LogP contribution in [0, 0.1) is 11.6 Å². The van der Waals surface area contributed by atoms with Gasteiger partial charge in [-0.15, -0.1) is 0 Å². The van der Waals surface area contributed by atoms with Crippen LogP contribution >= 0.6 is 0 Å². The average Bonchev–Trinajstić information content (AvgIpc) is 2.70. The van der Waals surface area contributed by atoms with Gasteiger partial charge in [-0.1, -0.05) is 0 Å². The van der Waals surface area contributed by atoms with Gasteiger partial charge in [0.2, 0.25) is 0 Å². The highest BCUT2D eigenvalue weighted by Gasteiger charge is 2.22. The van der Waals surface area contributed by atoms with E-state index in [0.717, 1.165) is 55.0 Å². The SMILES string of the molecule is COc1cc(F)c(CN2CCc3nc(C4=NCCCC4)ncc3C2)c(F)c1. The number of nitrogens with zero attached hydrogens (tertiary/aromatic N) is 4. The number of ether oxygens (including phenoxy) is 1. The maximum absolute atomic E-state index is 14.2. The van der Waals surface area contributed by atoms with Crippen molar-refractivity contribution in [3.8, 4) is 5.75 Å². The van der Waals surface area contributed by atoms with Crippen LogP contribution in [0.3, 0.4) is 0 Å². The van der Waals surface area contributed by atoms with Crippen LogP contribution in [0.25, 0.3) is 0 Å². The molecule has 1 aromatic carbocycles. The molecule has 0 bridgehead atoms. The molecule has 2 aromatic rings. The second-order valence-electron chi connectivity index (χ2n) is 6.98. The molecule has 0 spiro atoms. The molecule has 27 heavy (non-hydrogen) atoms. The molecule has 0 radical (unpaired) electrons. The fourth-order valence-electron chi connectivity index (χ4n) is 3.60. The lowest BCUT2D eigenvalue weighted by Crippen LogP contribution is -2.32. The Balaban J connectivity index is 1.50. The van der Waals surface area contributed by atoms with Gasteiger partial charge in [0, 0.05) is 62.1 Å². The van der Waals surface area contributed by atoms with Gasteiger partial charge in [-0.3, -0.25) is 9.89 Å². The Morgan fingerprint density at radius 2 is 1.96 bits per heavy atom. The summed E-state index contributed by atoms with van der Waals surface area (Å²) in [7, 11) is 1.39. The summed E-state index contributed by atoms with van der Waals surface area (Å²) in [4.78, 5) is 15.7. The molecule has 0 saturated carbocycles. The summed E-state index contributed by atoms with van der Waals surface area (Å²) in [6, 6.07) is 2.44. The first kappa shape index (κ1) is 18.0. The summed E-state index contributed by atoms with van der Waals surface area (Å²) in [5.74, 6) is -0.252. The van der Waals surface area contributed by atoms with E-state index in [2.05, 4.69) is 9.98 Å². The predicted octanol–water partition coefficient (Wildman–Crippen LogP) is 3.29. The molecule has 0 unspecified atom stereocenters. The van der Waals surface area contributed by atoms with E-state index in [9.17, 15) is 8.78 Å². The Morgan fingerprint density at radius 1 is 1.15 bits per heavy atom. The molecule has 3 heterocycles. The number of hydrogen-bond acceptors (Lipinski definition) is 5. The normalized spacial score (nSPS) is 17.4. The minimum atomic E-state index is -0.584. The Morgan fingerprint density at radius 3 is 2.67 bits per heavy atom. The molecule has 0 fully saturated rings. The number of fused-ring (bicyclic) bond motifs is 1. The van der Waals surface area contributed by atoms with Gasteiger partial charge in [-0.05, 0) is 19.3 Å². The molecule has 1 aromatic heterocycles. The van der Waals surface area contributed by atoms with Crippen LogP contribution in [-0.4, -0.2) is 40.8 Å². The van der Waals surface area contributed by atoms with Gasteiger partial charge in [0.05, 0.1) is 18.5 Å². The first-order valence-corrected chi connectivity index (χ1v) is 9.27. The highest BCUT2D eigenvalue weighted by atomic mass is 19.1. The van der Waals surface area contributed by atoms with Gasteiger partial charge >= 0.3 is 0 Å². The number of rotatable bonds is 4. The maximum atomic E-state index is 14.2. The summed E-state index contributed by atoms with van der Waals surface area (Å²) in [5, 5.41) is 0. The second-order valence-corrected chi connectivity index (χ2v) is 6.98. The first-order valence-electron chi connectivity index (χ1n) is 9.27. The fourth-order valence-corrected chi connectivity index (χ4v) is 3.60. The van der Waals surface area contributed by atoms with Crippen LogP contribution in [0.2, 0.25) is 0 Å². The topological polar surface area (TPSA) is 50.6 Å². The first-order chi connectivity index (χ1) is 13.1. The van der Waals surface area contributed by atoms with E-state index in [4.69, 9.17) is 9.72 Å². The van der Waals surface area contributed by atoms with Crippen molar-refractivity contribution in [1.29, 1.82) is 0 Å². The van der Waals surface area contributed by atoms with E-state index in [1.165, 1.54) is 19.2 Å². The third kappa shape index (κ3) is 3.83. The van der Waals surface area contributed by atoms with E-state index in [0.29, 0.717) is 13.1 Å². The Kier molecular flexibility index (Phi) is 5.11. The van der Waals surface area contributed by atoms with Gasteiger partial charge in [-0.2, -0.15) is 0 Å². The number of hydrogen-bond donors (Lipinski definition) is 0. The molecule has 0 saturated heterocycles. The number of halogens is 2. The molecule has 0 amide bonds. The molecule has 5 nitrogen and oxygen atoms in total. The molecule has 2 aliphatic rings. The third-order valence-corrected chi connectivity index (χ3v) is 5.13. The molecular weight excluding hydrogens is 350 g/mol. The van der Waals surface area contributed by atoms with Crippen molar-refractivity contribution >= 4 is 5.71 Å². The highest BCUT2D eigenvalue weighted by molar-refractivity contribution is 5.97. The number of aliphatic imine (C=N–C) groups is 1. The number of benzene rings is 1. The van der Waals surface area contributed by atoms with Crippen LogP contribution in [0.4, 0.5) is 8.78 Å². The van der Waals surface area contributed by atoms with E-state index >= 15 is 0 Å². The van der Waals surface area contributed by atoms with E-state index in [1.54, 1.807) is 0 Å². The zero-order valence-electron chi connectivity index (χ0n) is 15.3. The molecule has 0 N–H and O–H groups in total. The van der Waals surface area contributed by atoms with Crippen LogP contribution in [0.1, 0.15) is 41.9 Å². The molecule has 0 atom stereocenters. The third-order valence-electron chi connectivity index (χ3n) is 5.13. The van der Waals surface area contributed by atoms with Crippen molar-refractivity contribution in [3.05, 3.63) is 52.6 Å². The number of aromatic nitrogens is 2. The summed E-state index contributed by atoms with van der Waals surface area (Å²) in [6.07, 6.45) is 5.76. The lowest BCUT2D eigenvalue weighted by atomic mass is 10.0. The molecular formula is C20H22F2N4O. The van der Waals surface area contributed by atoms with Crippen LogP contribution in [0.5, 0.6) is 5.75 Å². The largest absolute Gasteiger partial charge is 0.497 e. The predicted molar refractivity (Wildman–Crippen MR) is 98.0 cm³/mol. The van der Waals surface area contributed by atoms with Crippen LogP contribution in [-0.2, 0) is 19.5 Å². The van der Waals surface area contributed by atoms with Gasteiger partial charge < -0.3 is 4.74 Å². The number of methoxy groups -OCH3 is 1. The van der Waals surface area contributed by atoms with Gasteiger partial charge in [0.15, 0.2) is 5.82 Å². The molecule has 142 valence electrons. The lowest BCUT2D eigenvalue weighted by Gasteiger charge is -2.28. The van der Waals surface area contributed by atoms with E-state index in [1.807, 2.05) is 11.1 Å². The summed E-state index contributed by atoms with van der Waals surface area (Å²) < 4.78 is 33.4. The zero-order chi connectivity index (χ0) is 18.8. The van der Waals surface area contributed by atoms with Crippen molar-refractivity contribution < 1.29 is 13.5 Å². The fraction of sp³-hybridized carbons (Fsp3) is 0.450. The van der Waals surface area contributed by atoms with Crippen LogP contribution in [0.15, 0.2) is 23.3 Å². The average molecular weight is 372 g/mol. The summed E-state index contributed by atoms with van der Waals surface area (Å²) >= 11 is 0. The van der Waals surface area contributed by atoms with Crippen molar-refractivity contribution in [2.24, 2.45) is 4.99 Å². The minimum absolute atomic E-state index is 0.0633. The molecule has 2 aliphatic heterocycles. The van der Waals surface area contributed by atoms with E-state index in [-0.39, 0.29) is 17.9 Å². The van der Waals surface area contributed by atoms with E-state index < -0.39 is 11.6 Å². The second kappa shape index (κ2) is 7.68. The Hall–Kier alpha value is -2.41. The van der Waals surface area contributed by atoms with Crippen molar-refractivity contribution in [1.82, 2.24) is 14.9 Å². The van der Waals surface area contributed by atoms with Gasteiger partial charge in [-0.25, -0.2) is 18.7 Å². The Bertz CT molecular complexity index is 861. The van der Waals surface area contributed by atoms with Gasteiger partial charge in [0.25, 0.3) is 0 Å². The lowest BCUT2D eigenvalue weighted by molar-refractivity contribution is 0.235. The molecule has 4 rings (SSSR count). The zero-order valence-corrected chi connectivity index (χ0v) is 15.3. The van der Waals surface area contributed by atoms with Crippen molar-refractivity contribution in [3.63, 3.8) is 0 Å². The molecule has 0 aliphatic carbocycles. The van der Waals surface area contributed by atoms with Crippen LogP contribution < -0.4 is 4.74 Å². The van der Waals surface area contributed by atoms with Crippen molar-refractivity contribution in [2.75, 3.05) is 20.2 Å². The van der Waals surface area contributed by atoms with Gasteiger partial charge in [0.1, 0.15) is 17.4 Å². The smallest absolute Gasteiger partial charge is 0.173 e. The minimum Gasteiger partial charge on any atom is -0.497 e.